The lowest BCUT2D eigenvalue weighted by atomic mass is 10.1. The Morgan fingerprint density at radius 2 is 2.04 bits per heavy atom. The number of piperidine rings is 1. The highest BCUT2D eigenvalue weighted by Gasteiger charge is 2.33. The minimum atomic E-state index is -0.0348. The van der Waals surface area contributed by atoms with Crippen LogP contribution in [0.4, 0.5) is 0 Å². The lowest BCUT2D eigenvalue weighted by molar-refractivity contribution is -0.121. The van der Waals surface area contributed by atoms with Crippen LogP contribution in [0.25, 0.3) is 0 Å². The SMILES string of the molecule is O=C(CCN(C(=O)c1ccoc1)C1CC1)NCCN1CCCCC1. The predicted octanol–water partition coefficient (Wildman–Crippen LogP) is 1.88. The first kappa shape index (κ1) is 17.0. The molecule has 1 saturated carbocycles. The molecule has 1 aliphatic heterocycles. The van der Waals surface area contributed by atoms with Gasteiger partial charge in [-0.05, 0) is 44.8 Å². The first-order chi connectivity index (χ1) is 11.7. The third-order valence-corrected chi connectivity index (χ3v) is 4.80. The number of rotatable bonds is 8. The molecule has 0 unspecified atom stereocenters. The number of amides is 2. The summed E-state index contributed by atoms with van der Waals surface area (Å²) in [4.78, 5) is 28.7. The summed E-state index contributed by atoms with van der Waals surface area (Å²) in [6, 6.07) is 1.96. The van der Waals surface area contributed by atoms with Crippen molar-refractivity contribution in [2.45, 2.75) is 44.6 Å². The van der Waals surface area contributed by atoms with Crippen molar-refractivity contribution in [1.82, 2.24) is 15.1 Å². The molecule has 0 aromatic carbocycles. The van der Waals surface area contributed by atoms with Crippen molar-refractivity contribution in [2.75, 3.05) is 32.7 Å². The molecule has 132 valence electrons. The predicted molar refractivity (Wildman–Crippen MR) is 90.7 cm³/mol. The summed E-state index contributed by atoms with van der Waals surface area (Å²) in [5.41, 5.74) is 0.562. The molecule has 2 aliphatic rings. The summed E-state index contributed by atoms with van der Waals surface area (Å²) in [5.74, 6) is -0.00924. The zero-order valence-electron chi connectivity index (χ0n) is 14.2. The van der Waals surface area contributed by atoms with Crippen LogP contribution in [0, 0.1) is 0 Å². The van der Waals surface area contributed by atoms with Gasteiger partial charge in [0.1, 0.15) is 6.26 Å². The van der Waals surface area contributed by atoms with Crippen molar-refractivity contribution < 1.29 is 14.0 Å². The summed E-state index contributed by atoms with van der Waals surface area (Å²) >= 11 is 0. The summed E-state index contributed by atoms with van der Waals surface area (Å²) in [6.07, 6.45) is 9.24. The van der Waals surface area contributed by atoms with Gasteiger partial charge >= 0.3 is 0 Å². The maximum Gasteiger partial charge on any atom is 0.257 e. The van der Waals surface area contributed by atoms with Gasteiger partial charge < -0.3 is 19.5 Å². The quantitative estimate of drug-likeness (QED) is 0.789. The Morgan fingerprint density at radius 3 is 2.71 bits per heavy atom. The van der Waals surface area contributed by atoms with E-state index in [1.807, 2.05) is 4.90 Å². The van der Waals surface area contributed by atoms with Crippen LogP contribution in [0.5, 0.6) is 0 Å². The molecule has 1 N–H and O–H groups in total. The fourth-order valence-corrected chi connectivity index (χ4v) is 3.23. The van der Waals surface area contributed by atoms with Gasteiger partial charge in [0, 0.05) is 32.1 Å². The van der Waals surface area contributed by atoms with E-state index in [4.69, 9.17) is 4.42 Å². The minimum Gasteiger partial charge on any atom is -0.472 e. The molecule has 0 atom stereocenters. The Kier molecular flexibility index (Phi) is 5.91. The monoisotopic (exact) mass is 333 g/mol. The number of likely N-dealkylation sites (tertiary alicyclic amines) is 1. The lowest BCUT2D eigenvalue weighted by Crippen LogP contribution is -2.39. The highest BCUT2D eigenvalue weighted by molar-refractivity contribution is 5.94. The molecule has 24 heavy (non-hydrogen) atoms. The number of hydrogen-bond donors (Lipinski definition) is 1. The van der Waals surface area contributed by atoms with E-state index < -0.39 is 0 Å². The molecule has 6 heteroatoms. The van der Waals surface area contributed by atoms with Gasteiger partial charge in [0.15, 0.2) is 0 Å². The number of nitrogens with one attached hydrogen (secondary N) is 1. The van der Waals surface area contributed by atoms with Gasteiger partial charge in [0.25, 0.3) is 5.91 Å². The van der Waals surface area contributed by atoms with E-state index in [2.05, 4.69) is 10.2 Å². The maximum absolute atomic E-state index is 12.4. The van der Waals surface area contributed by atoms with Crippen molar-refractivity contribution >= 4 is 11.8 Å². The first-order valence-corrected chi connectivity index (χ1v) is 9.06. The molecular formula is C18H27N3O3. The van der Waals surface area contributed by atoms with Crippen LogP contribution in [0.2, 0.25) is 0 Å². The van der Waals surface area contributed by atoms with Crippen LogP contribution in [0.3, 0.4) is 0 Å². The maximum atomic E-state index is 12.4. The van der Waals surface area contributed by atoms with Crippen molar-refractivity contribution in [1.29, 1.82) is 0 Å². The highest BCUT2D eigenvalue weighted by Crippen LogP contribution is 2.28. The summed E-state index contributed by atoms with van der Waals surface area (Å²) in [6.45, 7) is 4.38. The van der Waals surface area contributed by atoms with Crippen molar-refractivity contribution in [3.63, 3.8) is 0 Å². The molecule has 0 radical (unpaired) electrons. The Morgan fingerprint density at radius 1 is 1.25 bits per heavy atom. The molecule has 3 rings (SSSR count). The zero-order valence-corrected chi connectivity index (χ0v) is 14.2. The number of carbonyl (C=O) groups excluding carboxylic acids is 2. The van der Waals surface area contributed by atoms with Gasteiger partial charge in [-0.25, -0.2) is 0 Å². The van der Waals surface area contributed by atoms with E-state index in [1.54, 1.807) is 6.07 Å². The van der Waals surface area contributed by atoms with Crippen LogP contribution in [0.15, 0.2) is 23.0 Å². The topological polar surface area (TPSA) is 65.8 Å². The standard InChI is InChI=1S/C18H27N3O3/c22-17(19-8-12-20-9-2-1-3-10-20)6-11-21(16-4-5-16)18(23)15-7-13-24-14-15/h7,13-14,16H,1-6,8-12H2,(H,19,22). The van der Waals surface area contributed by atoms with E-state index in [-0.39, 0.29) is 17.9 Å². The van der Waals surface area contributed by atoms with E-state index >= 15 is 0 Å². The number of furan rings is 1. The Bertz CT molecular complexity index is 534. The average molecular weight is 333 g/mol. The molecule has 0 spiro atoms. The Labute approximate surface area is 143 Å². The Balaban J connectivity index is 1.38. The number of nitrogens with zero attached hydrogens (tertiary/aromatic N) is 2. The van der Waals surface area contributed by atoms with Crippen LogP contribution < -0.4 is 5.32 Å². The molecule has 1 saturated heterocycles. The fraction of sp³-hybridized carbons (Fsp3) is 0.667. The van der Waals surface area contributed by atoms with Crippen molar-refractivity contribution in [2.24, 2.45) is 0 Å². The summed E-state index contributed by atoms with van der Waals surface area (Å²) < 4.78 is 4.99. The normalized spacial score (nSPS) is 18.3. The molecule has 0 bridgehead atoms. The van der Waals surface area contributed by atoms with E-state index in [0.717, 1.165) is 32.5 Å². The minimum absolute atomic E-state index is 0.0256. The van der Waals surface area contributed by atoms with Gasteiger partial charge in [-0.2, -0.15) is 0 Å². The van der Waals surface area contributed by atoms with Gasteiger partial charge in [0.2, 0.25) is 5.91 Å². The van der Waals surface area contributed by atoms with Gasteiger partial charge in [-0.1, -0.05) is 6.42 Å². The number of carbonyl (C=O) groups is 2. The van der Waals surface area contributed by atoms with Crippen LogP contribution >= 0.6 is 0 Å². The molecule has 2 fully saturated rings. The van der Waals surface area contributed by atoms with E-state index in [0.29, 0.717) is 25.1 Å². The molecule has 2 heterocycles. The second-order valence-corrected chi connectivity index (χ2v) is 6.74. The lowest BCUT2D eigenvalue weighted by Gasteiger charge is -2.26. The van der Waals surface area contributed by atoms with E-state index in [1.165, 1.54) is 31.8 Å². The van der Waals surface area contributed by atoms with Crippen LogP contribution in [0.1, 0.15) is 48.9 Å². The van der Waals surface area contributed by atoms with Gasteiger partial charge in [-0.3, -0.25) is 9.59 Å². The number of hydrogen-bond acceptors (Lipinski definition) is 4. The molecule has 2 amide bonds. The second-order valence-electron chi connectivity index (χ2n) is 6.74. The second kappa shape index (κ2) is 8.33. The largest absolute Gasteiger partial charge is 0.472 e. The fourth-order valence-electron chi connectivity index (χ4n) is 3.23. The smallest absolute Gasteiger partial charge is 0.257 e. The van der Waals surface area contributed by atoms with Crippen molar-refractivity contribution in [3.8, 4) is 0 Å². The molecule has 1 aromatic heterocycles. The zero-order chi connectivity index (χ0) is 16.8. The average Bonchev–Trinajstić information content (AvgIpc) is 3.28. The highest BCUT2D eigenvalue weighted by atomic mass is 16.3. The Hall–Kier alpha value is -1.82. The van der Waals surface area contributed by atoms with Gasteiger partial charge in [-0.15, -0.1) is 0 Å². The summed E-state index contributed by atoms with van der Waals surface area (Å²) in [7, 11) is 0. The van der Waals surface area contributed by atoms with Crippen molar-refractivity contribution in [3.05, 3.63) is 24.2 Å². The first-order valence-electron chi connectivity index (χ1n) is 9.06. The van der Waals surface area contributed by atoms with Crippen LogP contribution in [-0.4, -0.2) is 60.4 Å². The van der Waals surface area contributed by atoms with Crippen LogP contribution in [-0.2, 0) is 4.79 Å². The molecule has 1 aliphatic carbocycles. The van der Waals surface area contributed by atoms with Gasteiger partial charge in [0.05, 0.1) is 11.8 Å². The molecule has 6 nitrogen and oxygen atoms in total. The van der Waals surface area contributed by atoms with E-state index in [9.17, 15) is 9.59 Å². The molecule has 1 aromatic rings. The summed E-state index contributed by atoms with van der Waals surface area (Å²) in [5, 5.41) is 2.98. The third-order valence-electron chi connectivity index (χ3n) is 4.80. The molecular weight excluding hydrogens is 306 g/mol. The third kappa shape index (κ3) is 4.84.